The zero-order valence-electron chi connectivity index (χ0n) is 16.1. The van der Waals surface area contributed by atoms with E-state index in [1.54, 1.807) is 6.20 Å². The zero-order valence-corrected chi connectivity index (χ0v) is 16.1. The van der Waals surface area contributed by atoms with Gasteiger partial charge in [0, 0.05) is 50.5 Å². The molecule has 1 saturated heterocycles. The molecule has 28 heavy (non-hydrogen) atoms. The summed E-state index contributed by atoms with van der Waals surface area (Å²) in [5.74, 6) is 1.30. The second-order valence-corrected chi connectivity index (χ2v) is 7.06. The lowest BCUT2D eigenvalue weighted by Gasteiger charge is -2.36. The van der Waals surface area contributed by atoms with Crippen molar-refractivity contribution in [3.8, 4) is 11.3 Å². The molecule has 3 rings (SSSR count). The third-order valence-electron chi connectivity index (χ3n) is 5.02. The maximum absolute atomic E-state index is 12.8. The number of aryl methyl sites for hydroxylation is 1. The molecule has 0 aliphatic carbocycles. The van der Waals surface area contributed by atoms with Crippen molar-refractivity contribution in [2.24, 2.45) is 5.73 Å². The molecule has 0 saturated carbocycles. The number of amides is 2. The van der Waals surface area contributed by atoms with Crippen molar-refractivity contribution in [3.05, 3.63) is 42.4 Å². The number of aromatic nitrogens is 1. The second-order valence-electron chi connectivity index (χ2n) is 7.06. The van der Waals surface area contributed by atoms with Crippen molar-refractivity contribution >= 4 is 11.8 Å². The highest BCUT2D eigenvalue weighted by molar-refractivity contribution is 5.78. The lowest BCUT2D eigenvalue weighted by atomic mass is 10.0. The predicted octanol–water partition coefficient (Wildman–Crippen LogP) is 2.12. The molecule has 2 heterocycles. The van der Waals surface area contributed by atoms with Crippen LogP contribution in [0.2, 0.25) is 0 Å². The average Bonchev–Trinajstić information content (AvgIpc) is 3.21. The van der Waals surface area contributed by atoms with E-state index in [4.69, 9.17) is 10.2 Å². The second kappa shape index (κ2) is 10.0. The molecule has 1 aliphatic heterocycles. The van der Waals surface area contributed by atoms with Crippen LogP contribution in [0.3, 0.4) is 0 Å². The molecule has 1 unspecified atom stereocenters. The van der Waals surface area contributed by atoms with Crippen molar-refractivity contribution in [1.82, 2.24) is 15.2 Å². The molecular weight excluding hydrogens is 356 g/mol. The molecule has 3 N–H and O–H groups in total. The summed E-state index contributed by atoms with van der Waals surface area (Å²) in [6.07, 6.45) is 5.81. The minimum atomic E-state index is -0.0614. The fourth-order valence-corrected chi connectivity index (χ4v) is 3.51. The van der Waals surface area contributed by atoms with Gasteiger partial charge in [-0.3, -0.25) is 9.59 Å². The van der Waals surface area contributed by atoms with Crippen molar-refractivity contribution in [1.29, 1.82) is 0 Å². The van der Waals surface area contributed by atoms with E-state index < -0.39 is 0 Å². The van der Waals surface area contributed by atoms with E-state index in [-0.39, 0.29) is 17.9 Å². The van der Waals surface area contributed by atoms with E-state index in [2.05, 4.69) is 10.3 Å². The highest BCUT2D eigenvalue weighted by Crippen LogP contribution is 2.21. The average molecular weight is 384 g/mol. The van der Waals surface area contributed by atoms with Gasteiger partial charge in [0.05, 0.1) is 6.20 Å². The summed E-state index contributed by atoms with van der Waals surface area (Å²) < 4.78 is 5.79. The molecule has 150 valence electrons. The molecule has 0 bridgehead atoms. The largest absolute Gasteiger partial charge is 0.441 e. The first kappa shape index (κ1) is 20.1. The summed E-state index contributed by atoms with van der Waals surface area (Å²) in [4.78, 5) is 30.6. The summed E-state index contributed by atoms with van der Waals surface area (Å²) in [5.41, 5.74) is 6.38. The molecule has 0 spiro atoms. The van der Waals surface area contributed by atoms with Crippen molar-refractivity contribution in [3.63, 3.8) is 0 Å². The SMILES string of the molecule is NCCC(=O)NCC1CCCCN1C(=O)CCc1ncc(-c2ccccc2)o1. The number of piperidine rings is 1. The van der Waals surface area contributed by atoms with Gasteiger partial charge in [0.15, 0.2) is 11.7 Å². The Balaban J connectivity index is 1.53. The van der Waals surface area contributed by atoms with Crippen LogP contribution in [0.4, 0.5) is 0 Å². The molecule has 0 radical (unpaired) electrons. The van der Waals surface area contributed by atoms with Crippen LogP contribution < -0.4 is 11.1 Å². The van der Waals surface area contributed by atoms with Crippen LogP contribution in [0.5, 0.6) is 0 Å². The molecule has 2 aromatic rings. The Morgan fingerprint density at radius 3 is 2.82 bits per heavy atom. The molecule has 2 amide bonds. The van der Waals surface area contributed by atoms with Gasteiger partial charge < -0.3 is 20.4 Å². The van der Waals surface area contributed by atoms with Gasteiger partial charge in [0.25, 0.3) is 0 Å². The standard InChI is InChI=1S/C21H28N4O3/c22-12-11-19(26)23-14-17-8-4-5-13-25(17)21(27)10-9-20-24-15-18(28-20)16-6-2-1-3-7-16/h1-3,6-7,15,17H,4-5,8-14,22H2,(H,23,26). The number of rotatable bonds is 8. The number of carbonyl (C=O) groups is 2. The number of nitrogens with one attached hydrogen (secondary N) is 1. The smallest absolute Gasteiger partial charge is 0.223 e. The number of likely N-dealkylation sites (tertiary alicyclic amines) is 1. The molecule has 1 fully saturated rings. The first-order chi connectivity index (χ1) is 13.7. The van der Waals surface area contributed by atoms with E-state index >= 15 is 0 Å². The van der Waals surface area contributed by atoms with Gasteiger partial charge in [-0.25, -0.2) is 4.98 Å². The zero-order chi connectivity index (χ0) is 19.8. The maximum atomic E-state index is 12.8. The molecule has 1 aromatic carbocycles. The lowest BCUT2D eigenvalue weighted by molar-refractivity contribution is -0.135. The molecule has 7 nitrogen and oxygen atoms in total. The Kier molecular flexibility index (Phi) is 7.19. The fraction of sp³-hybridized carbons (Fsp3) is 0.476. The molecule has 7 heteroatoms. The third kappa shape index (κ3) is 5.42. The van der Waals surface area contributed by atoms with Crippen molar-refractivity contribution in [2.75, 3.05) is 19.6 Å². The predicted molar refractivity (Wildman–Crippen MR) is 106 cm³/mol. The van der Waals surface area contributed by atoms with E-state index in [0.29, 0.717) is 44.0 Å². The van der Waals surface area contributed by atoms with Gasteiger partial charge in [0.2, 0.25) is 11.8 Å². The van der Waals surface area contributed by atoms with Crippen LogP contribution >= 0.6 is 0 Å². The summed E-state index contributed by atoms with van der Waals surface area (Å²) in [6, 6.07) is 9.83. The van der Waals surface area contributed by atoms with Crippen LogP contribution in [-0.4, -0.2) is 47.4 Å². The quantitative estimate of drug-likeness (QED) is 0.726. The van der Waals surface area contributed by atoms with Gasteiger partial charge in [0.1, 0.15) is 0 Å². The van der Waals surface area contributed by atoms with Crippen LogP contribution in [0.15, 0.2) is 40.9 Å². The Labute approximate surface area is 165 Å². The topological polar surface area (TPSA) is 101 Å². The fourth-order valence-electron chi connectivity index (χ4n) is 3.51. The monoisotopic (exact) mass is 384 g/mol. The lowest BCUT2D eigenvalue weighted by Crippen LogP contribution is -2.49. The van der Waals surface area contributed by atoms with Crippen LogP contribution in [0.25, 0.3) is 11.3 Å². The minimum Gasteiger partial charge on any atom is -0.441 e. The highest BCUT2D eigenvalue weighted by Gasteiger charge is 2.27. The first-order valence-electron chi connectivity index (χ1n) is 9.93. The molecule has 1 aliphatic rings. The Hall–Kier alpha value is -2.67. The van der Waals surface area contributed by atoms with Gasteiger partial charge in [-0.05, 0) is 19.3 Å². The van der Waals surface area contributed by atoms with Crippen LogP contribution in [0, 0.1) is 0 Å². The third-order valence-corrected chi connectivity index (χ3v) is 5.02. The van der Waals surface area contributed by atoms with Gasteiger partial charge in [-0.2, -0.15) is 0 Å². The van der Waals surface area contributed by atoms with Gasteiger partial charge in [-0.1, -0.05) is 30.3 Å². The van der Waals surface area contributed by atoms with Gasteiger partial charge >= 0.3 is 0 Å². The number of benzene rings is 1. The summed E-state index contributed by atoms with van der Waals surface area (Å²) in [5, 5.41) is 2.89. The summed E-state index contributed by atoms with van der Waals surface area (Å²) in [6.45, 7) is 1.55. The Morgan fingerprint density at radius 2 is 2.04 bits per heavy atom. The minimum absolute atomic E-state index is 0.0485. The van der Waals surface area contributed by atoms with Crippen molar-refractivity contribution in [2.45, 2.75) is 44.6 Å². The number of oxazole rings is 1. The molecular formula is C21H28N4O3. The number of hydrogen-bond acceptors (Lipinski definition) is 5. The highest BCUT2D eigenvalue weighted by atomic mass is 16.4. The molecule has 1 atom stereocenters. The van der Waals surface area contributed by atoms with Gasteiger partial charge in [-0.15, -0.1) is 0 Å². The van der Waals surface area contributed by atoms with E-state index in [1.165, 1.54) is 0 Å². The van der Waals surface area contributed by atoms with Crippen LogP contribution in [-0.2, 0) is 16.0 Å². The summed E-state index contributed by atoms with van der Waals surface area (Å²) >= 11 is 0. The number of nitrogens with zero attached hydrogens (tertiary/aromatic N) is 2. The number of carbonyl (C=O) groups excluding carboxylic acids is 2. The maximum Gasteiger partial charge on any atom is 0.223 e. The number of nitrogens with two attached hydrogens (primary N) is 1. The Morgan fingerprint density at radius 1 is 1.21 bits per heavy atom. The number of hydrogen-bond donors (Lipinski definition) is 2. The normalized spacial score (nSPS) is 16.8. The Bertz CT molecular complexity index is 775. The van der Waals surface area contributed by atoms with E-state index in [0.717, 1.165) is 31.4 Å². The van der Waals surface area contributed by atoms with Crippen molar-refractivity contribution < 1.29 is 14.0 Å². The first-order valence-corrected chi connectivity index (χ1v) is 9.93. The summed E-state index contributed by atoms with van der Waals surface area (Å²) in [7, 11) is 0. The van der Waals surface area contributed by atoms with E-state index in [9.17, 15) is 9.59 Å². The molecule has 1 aromatic heterocycles. The van der Waals surface area contributed by atoms with E-state index in [1.807, 2.05) is 35.2 Å². The van der Waals surface area contributed by atoms with Crippen LogP contribution in [0.1, 0.15) is 38.0 Å².